The maximum Gasteiger partial charge on any atom is 0.340 e. The van der Waals surface area contributed by atoms with Gasteiger partial charge in [-0.1, -0.05) is 60.1 Å². The zero-order valence-electron chi connectivity index (χ0n) is 15.8. The summed E-state index contributed by atoms with van der Waals surface area (Å²) in [5.74, 6) is -0.474. The molecule has 0 fully saturated rings. The van der Waals surface area contributed by atoms with Crippen molar-refractivity contribution in [3.05, 3.63) is 99.8 Å². The fourth-order valence-corrected chi connectivity index (χ4v) is 3.59. The van der Waals surface area contributed by atoms with E-state index in [2.05, 4.69) is 0 Å². The van der Waals surface area contributed by atoms with Gasteiger partial charge in [0.05, 0.1) is 17.9 Å². The Balaban J connectivity index is 2.21. The van der Waals surface area contributed by atoms with Crippen LogP contribution in [-0.2, 0) is 4.74 Å². The summed E-state index contributed by atoms with van der Waals surface area (Å²) in [7, 11) is 0. The van der Waals surface area contributed by atoms with Gasteiger partial charge in [-0.25, -0.2) is 4.79 Å². The highest BCUT2D eigenvalue weighted by atomic mass is 35.5. The van der Waals surface area contributed by atoms with Gasteiger partial charge in [0.1, 0.15) is 0 Å². The number of hydrogen-bond acceptors (Lipinski definition) is 3. The Hall–Kier alpha value is -3.37. The molecule has 0 saturated heterocycles. The van der Waals surface area contributed by atoms with Crippen LogP contribution in [0.5, 0.6) is 0 Å². The van der Waals surface area contributed by atoms with Crippen molar-refractivity contribution >= 4 is 28.3 Å². The summed E-state index contributed by atoms with van der Waals surface area (Å²) >= 11 is 6.07. The third-order valence-corrected chi connectivity index (χ3v) is 4.95. The van der Waals surface area contributed by atoms with Gasteiger partial charge in [-0.2, -0.15) is 0 Å². The first-order valence-electron chi connectivity index (χ1n) is 9.28. The molecule has 0 unspecified atom stereocenters. The zero-order valence-corrected chi connectivity index (χ0v) is 16.5. The van der Waals surface area contributed by atoms with Crippen LogP contribution in [0.3, 0.4) is 0 Å². The number of halogens is 1. The van der Waals surface area contributed by atoms with Gasteiger partial charge >= 0.3 is 5.97 Å². The van der Waals surface area contributed by atoms with Gasteiger partial charge in [-0.3, -0.25) is 9.36 Å². The lowest BCUT2D eigenvalue weighted by Crippen LogP contribution is -2.24. The number of esters is 1. The topological polar surface area (TPSA) is 48.3 Å². The number of para-hydroxylation sites is 1. The fourth-order valence-electron chi connectivity index (χ4n) is 3.46. The second kappa shape index (κ2) is 7.94. The molecule has 144 valence electrons. The van der Waals surface area contributed by atoms with E-state index in [9.17, 15) is 9.59 Å². The van der Waals surface area contributed by atoms with Crippen molar-refractivity contribution in [2.75, 3.05) is 6.61 Å². The van der Waals surface area contributed by atoms with Crippen molar-refractivity contribution in [3.8, 4) is 16.9 Å². The Morgan fingerprint density at radius 2 is 1.52 bits per heavy atom. The van der Waals surface area contributed by atoms with Crippen LogP contribution >= 0.6 is 11.6 Å². The number of hydrogen-bond donors (Lipinski definition) is 0. The highest BCUT2D eigenvalue weighted by Gasteiger charge is 2.24. The molecule has 1 heterocycles. The number of carbonyl (C=O) groups is 1. The second-order valence-electron chi connectivity index (χ2n) is 6.47. The summed E-state index contributed by atoms with van der Waals surface area (Å²) in [5.41, 5.74) is 2.00. The number of rotatable bonds is 4. The third kappa shape index (κ3) is 3.43. The number of aromatic nitrogens is 1. The van der Waals surface area contributed by atoms with Gasteiger partial charge < -0.3 is 4.74 Å². The van der Waals surface area contributed by atoms with Gasteiger partial charge in [0, 0.05) is 21.5 Å². The van der Waals surface area contributed by atoms with Crippen LogP contribution in [0.1, 0.15) is 17.3 Å². The van der Waals surface area contributed by atoms with E-state index in [1.807, 2.05) is 36.4 Å². The largest absolute Gasteiger partial charge is 0.462 e. The molecule has 0 atom stereocenters. The average molecular weight is 404 g/mol. The Kier molecular flexibility index (Phi) is 5.19. The minimum Gasteiger partial charge on any atom is -0.462 e. The van der Waals surface area contributed by atoms with Crippen molar-refractivity contribution in [1.82, 2.24) is 4.57 Å². The smallest absolute Gasteiger partial charge is 0.340 e. The molecule has 0 radical (unpaired) electrons. The summed E-state index contributed by atoms with van der Waals surface area (Å²) in [4.78, 5) is 26.6. The number of nitrogens with zero attached hydrogens (tertiary/aromatic N) is 1. The maximum absolute atomic E-state index is 13.5. The standard InChI is InChI=1S/C24H18ClNO3/c1-2-29-24(28)21-19-10-6-7-11-20(19)23(27)26(18-8-4-3-5-9-18)22(21)16-12-14-17(25)15-13-16/h3-15H,2H2,1H3. The van der Waals surface area contributed by atoms with E-state index in [1.54, 1.807) is 54.0 Å². The molecule has 0 aliphatic carbocycles. The molecular weight excluding hydrogens is 386 g/mol. The fraction of sp³-hybridized carbons (Fsp3) is 0.0833. The molecule has 1 aromatic heterocycles. The molecule has 29 heavy (non-hydrogen) atoms. The Morgan fingerprint density at radius 3 is 2.17 bits per heavy atom. The van der Waals surface area contributed by atoms with E-state index >= 15 is 0 Å². The third-order valence-electron chi connectivity index (χ3n) is 4.70. The Morgan fingerprint density at radius 1 is 0.897 bits per heavy atom. The van der Waals surface area contributed by atoms with Gasteiger partial charge in [0.25, 0.3) is 5.56 Å². The van der Waals surface area contributed by atoms with Crippen LogP contribution in [0.25, 0.3) is 27.7 Å². The summed E-state index contributed by atoms with van der Waals surface area (Å²) in [6, 6.07) is 23.4. The summed E-state index contributed by atoms with van der Waals surface area (Å²) in [5, 5.41) is 1.59. The molecule has 4 aromatic rings. The first kappa shape index (κ1) is 19.0. The number of ether oxygens (including phenoxy) is 1. The van der Waals surface area contributed by atoms with E-state index in [1.165, 1.54) is 0 Å². The minimum atomic E-state index is -0.474. The molecule has 0 saturated carbocycles. The zero-order chi connectivity index (χ0) is 20.4. The van der Waals surface area contributed by atoms with Crippen molar-refractivity contribution in [2.24, 2.45) is 0 Å². The van der Waals surface area contributed by atoms with Crippen LogP contribution in [0.15, 0.2) is 83.7 Å². The van der Waals surface area contributed by atoms with Gasteiger partial charge in [0.15, 0.2) is 0 Å². The highest BCUT2D eigenvalue weighted by molar-refractivity contribution is 6.30. The van der Waals surface area contributed by atoms with Crippen molar-refractivity contribution in [3.63, 3.8) is 0 Å². The van der Waals surface area contributed by atoms with E-state index in [0.29, 0.717) is 38.3 Å². The lowest BCUT2D eigenvalue weighted by atomic mass is 9.98. The monoisotopic (exact) mass is 403 g/mol. The molecule has 0 aliphatic rings. The normalized spacial score (nSPS) is 10.8. The lowest BCUT2D eigenvalue weighted by Gasteiger charge is -2.19. The van der Waals surface area contributed by atoms with E-state index < -0.39 is 5.97 Å². The highest BCUT2D eigenvalue weighted by Crippen LogP contribution is 2.32. The number of benzene rings is 3. The molecule has 0 N–H and O–H groups in total. The first-order valence-corrected chi connectivity index (χ1v) is 9.66. The number of fused-ring (bicyclic) bond motifs is 1. The van der Waals surface area contributed by atoms with Crippen molar-refractivity contribution in [1.29, 1.82) is 0 Å². The van der Waals surface area contributed by atoms with Crippen molar-refractivity contribution in [2.45, 2.75) is 6.92 Å². The molecule has 0 aliphatic heterocycles. The number of pyridine rings is 1. The average Bonchev–Trinajstić information content (AvgIpc) is 2.75. The summed E-state index contributed by atoms with van der Waals surface area (Å²) < 4.78 is 6.94. The maximum atomic E-state index is 13.5. The first-order chi connectivity index (χ1) is 14.1. The van der Waals surface area contributed by atoms with E-state index in [4.69, 9.17) is 16.3 Å². The minimum absolute atomic E-state index is 0.204. The van der Waals surface area contributed by atoms with Crippen molar-refractivity contribution < 1.29 is 9.53 Å². The lowest BCUT2D eigenvalue weighted by molar-refractivity contribution is 0.0529. The molecule has 0 spiro atoms. The van der Waals surface area contributed by atoms with Crippen LogP contribution in [0.2, 0.25) is 5.02 Å². The Bertz CT molecular complexity index is 1250. The number of carbonyl (C=O) groups excluding carboxylic acids is 1. The molecular formula is C24H18ClNO3. The summed E-state index contributed by atoms with van der Waals surface area (Å²) in [6.07, 6.45) is 0. The SMILES string of the molecule is CCOC(=O)c1c(-c2ccc(Cl)cc2)n(-c2ccccc2)c(=O)c2ccccc12. The van der Waals surface area contributed by atoms with E-state index in [-0.39, 0.29) is 12.2 Å². The predicted octanol–water partition coefficient (Wildman–Crippen LogP) is 5.49. The molecule has 4 rings (SSSR count). The molecule has 4 nitrogen and oxygen atoms in total. The Labute approximate surface area is 172 Å². The second-order valence-corrected chi connectivity index (χ2v) is 6.91. The quantitative estimate of drug-likeness (QED) is 0.423. The van der Waals surface area contributed by atoms with Gasteiger partial charge in [0.2, 0.25) is 0 Å². The van der Waals surface area contributed by atoms with E-state index in [0.717, 1.165) is 0 Å². The molecule has 3 aromatic carbocycles. The predicted molar refractivity (Wildman–Crippen MR) is 116 cm³/mol. The van der Waals surface area contributed by atoms with Gasteiger partial charge in [-0.15, -0.1) is 0 Å². The van der Waals surface area contributed by atoms with Crippen LogP contribution in [-0.4, -0.2) is 17.1 Å². The van der Waals surface area contributed by atoms with Crippen LogP contribution in [0.4, 0.5) is 0 Å². The van der Waals surface area contributed by atoms with Crippen LogP contribution in [0, 0.1) is 0 Å². The van der Waals surface area contributed by atoms with Crippen LogP contribution < -0.4 is 5.56 Å². The molecule has 5 heteroatoms. The molecule has 0 amide bonds. The van der Waals surface area contributed by atoms with Gasteiger partial charge in [-0.05, 0) is 42.8 Å². The summed E-state index contributed by atoms with van der Waals surface area (Å²) in [6.45, 7) is 1.99. The molecule has 0 bridgehead atoms.